The summed E-state index contributed by atoms with van der Waals surface area (Å²) in [6.45, 7) is 1.17. The lowest BCUT2D eigenvalue weighted by molar-refractivity contribution is -0.139. The second-order valence-electron chi connectivity index (χ2n) is 9.87. The van der Waals surface area contributed by atoms with E-state index in [9.17, 15) is 18.8 Å². The zero-order chi connectivity index (χ0) is 24.8. The van der Waals surface area contributed by atoms with Gasteiger partial charge in [-0.2, -0.15) is 0 Å². The van der Waals surface area contributed by atoms with Crippen molar-refractivity contribution in [1.29, 1.82) is 0 Å². The van der Waals surface area contributed by atoms with Gasteiger partial charge in [-0.1, -0.05) is 30.1 Å². The van der Waals surface area contributed by atoms with Crippen LogP contribution in [0.3, 0.4) is 0 Å². The molecule has 3 amide bonds. The molecule has 8 heteroatoms. The SMILES string of the molecule is O=C(C1CCCCC1CN1C(=O)c2ccccc2C1=O)N1CCc2noc(-c3ccc(F)cc3)c2C1. The maximum absolute atomic E-state index is 13.8. The van der Waals surface area contributed by atoms with Crippen LogP contribution in [0.15, 0.2) is 53.1 Å². The summed E-state index contributed by atoms with van der Waals surface area (Å²) < 4.78 is 19.0. The molecule has 0 bridgehead atoms. The third-order valence-corrected chi connectivity index (χ3v) is 7.78. The fraction of sp³-hybridized carbons (Fsp3) is 0.357. The Bertz CT molecular complexity index is 1310. The number of carbonyl (C=O) groups excluding carboxylic acids is 3. The first-order valence-corrected chi connectivity index (χ1v) is 12.5. The van der Waals surface area contributed by atoms with Crippen LogP contribution in [0, 0.1) is 17.7 Å². The number of hydrogen-bond donors (Lipinski definition) is 0. The molecule has 2 aromatic carbocycles. The number of imide groups is 1. The first kappa shape index (κ1) is 22.6. The number of halogens is 1. The van der Waals surface area contributed by atoms with Gasteiger partial charge in [-0.25, -0.2) is 4.39 Å². The van der Waals surface area contributed by atoms with Crippen molar-refractivity contribution in [2.24, 2.45) is 11.8 Å². The van der Waals surface area contributed by atoms with Crippen molar-refractivity contribution in [2.75, 3.05) is 13.1 Å². The minimum atomic E-state index is -0.328. The van der Waals surface area contributed by atoms with Crippen molar-refractivity contribution in [1.82, 2.24) is 15.0 Å². The molecule has 1 aromatic heterocycles. The molecular weight excluding hydrogens is 461 g/mol. The van der Waals surface area contributed by atoms with E-state index < -0.39 is 0 Å². The Labute approximate surface area is 207 Å². The Morgan fingerprint density at radius 2 is 1.69 bits per heavy atom. The van der Waals surface area contributed by atoms with E-state index in [2.05, 4.69) is 5.16 Å². The Hall–Kier alpha value is -3.81. The van der Waals surface area contributed by atoms with Crippen LogP contribution in [0.2, 0.25) is 0 Å². The van der Waals surface area contributed by atoms with Crippen LogP contribution < -0.4 is 0 Å². The standard InChI is InChI=1S/C28H26FN3O4/c29-19-11-9-17(10-12-19)25-23-16-31(14-13-24(23)30-36-25)26(33)20-6-2-1-5-18(20)15-32-27(34)21-7-3-4-8-22(21)28(32)35/h3-4,7-12,18,20H,1-2,5-6,13-16H2. The van der Waals surface area contributed by atoms with Gasteiger partial charge in [0.1, 0.15) is 5.82 Å². The fourth-order valence-electron chi connectivity index (χ4n) is 5.85. The molecule has 36 heavy (non-hydrogen) atoms. The topological polar surface area (TPSA) is 83.7 Å². The van der Waals surface area contributed by atoms with Gasteiger partial charge in [-0.05, 0) is 55.2 Å². The summed E-state index contributed by atoms with van der Waals surface area (Å²) in [4.78, 5) is 42.8. The molecule has 1 aliphatic carbocycles. The summed E-state index contributed by atoms with van der Waals surface area (Å²) >= 11 is 0. The van der Waals surface area contributed by atoms with Gasteiger partial charge in [0.05, 0.1) is 23.4 Å². The van der Waals surface area contributed by atoms with E-state index in [1.165, 1.54) is 17.0 Å². The van der Waals surface area contributed by atoms with Crippen LogP contribution in [0.5, 0.6) is 0 Å². The highest BCUT2D eigenvalue weighted by Gasteiger charge is 2.41. The quantitative estimate of drug-likeness (QED) is 0.507. The average Bonchev–Trinajstić information content (AvgIpc) is 3.44. The zero-order valence-electron chi connectivity index (χ0n) is 19.8. The van der Waals surface area contributed by atoms with Crippen LogP contribution in [0.25, 0.3) is 11.3 Å². The molecule has 6 rings (SSSR count). The molecule has 0 saturated heterocycles. The fourth-order valence-corrected chi connectivity index (χ4v) is 5.85. The summed E-state index contributed by atoms with van der Waals surface area (Å²) in [7, 11) is 0. The number of fused-ring (bicyclic) bond motifs is 2. The molecule has 1 saturated carbocycles. The van der Waals surface area contributed by atoms with Crippen LogP contribution in [0.4, 0.5) is 4.39 Å². The largest absolute Gasteiger partial charge is 0.356 e. The highest BCUT2D eigenvalue weighted by Crippen LogP contribution is 2.37. The van der Waals surface area contributed by atoms with Gasteiger partial charge in [0.25, 0.3) is 11.8 Å². The van der Waals surface area contributed by atoms with Crippen LogP contribution >= 0.6 is 0 Å². The second kappa shape index (κ2) is 9.00. The summed E-state index contributed by atoms with van der Waals surface area (Å²) in [6.07, 6.45) is 4.05. The Morgan fingerprint density at radius 1 is 1.00 bits per heavy atom. The molecule has 2 atom stereocenters. The predicted molar refractivity (Wildman–Crippen MR) is 128 cm³/mol. The van der Waals surface area contributed by atoms with E-state index in [-0.39, 0.29) is 41.9 Å². The summed E-state index contributed by atoms with van der Waals surface area (Å²) in [5.74, 6) is -0.591. The van der Waals surface area contributed by atoms with Gasteiger partial charge in [-0.15, -0.1) is 0 Å². The summed E-state index contributed by atoms with van der Waals surface area (Å²) in [5, 5.41) is 4.19. The number of amides is 3. The maximum atomic E-state index is 13.8. The van der Waals surface area contributed by atoms with Gasteiger partial charge in [0.15, 0.2) is 5.76 Å². The summed E-state index contributed by atoms with van der Waals surface area (Å²) in [6, 6.07) is 12.9. The Morgan fingerprint density at radius 3 is 2.42 bits per heavy atom. The van der Waals surface area contributed by atoms with Gasteiger partial charge >= 0.3 is 0 Å². The lowest BCUT2D eigenvalue weighted by atomic mass is 9.77. The molecule has 3 aliphatic rings. The number of aromatic nitrogens is 1. The van der Waals surface area contributed by atoms with Crippen molar-refractivity contribution in [3.63, 3.8) is 0 Å². The molecule has 1 fully saturated rings. The molecule has 184 valence electrons. The third kappa shape index (κ3) is 3.81. The first-order valence-electron chi connectivity index (χ1n) is 12.5. The average molecular weight is 488 g/mol. The third-order valence-electron chi connectivity index (χ3n) is 7.78. The van der Waals surface area contributed by atoms with E-state index in [1.54, 1.807) is 36.4 Å². The molecule has 7 nitrogen and oxygen atoms in total. The lowest BCUT2D eigenvalue weighted by Gasteiger charge is -2.37. The normalized spacial score (nSPS) is 21.5. The van der Waals surface area contributed by atoms with E-state index in [0.29, 0.717) is 36.4 Å². The molecule has 2 unspecified atom stereocenters. The lowest BCUT2D eigenvalue weighted by Crippen LogP contribution is -2.46. The van der Waals surface area contributed by atoms with Crippen molar-refractivity contribution < 1.29 is 23.3 Å². The highest BCUT2D eigenvalue weighted by molar-refractivity contribution is 6.21. The van der Waals surface area contributed by atoms with Crippen molar-refractivity contribution in [3.05, 3.63) is 76.7 Å². The molecule has 0 spiro atoms. The van der Waals surface area contributed by atoms with Crippen LogP contribution in [-0.2, 0) is 17.8 Å². The smallest absolute Gasteiger partial charge is 0.261 e. The van der Waals surface area contributed by atoms with Gasteiger partial charge < -0.3 is 9.42 Å². The van der Waals surface area contributed by atoms with E-state index in [1.807, 2.05) is 4.90 Å². The van der Waals surface area contributed by atoms with Crippen LogP contribution in [-0.4, -0.2) is 45.8 Å². The Kier molecular flexibility index (Phi) is 5.66. The molecule has 3 aromatic rings. The molecular formula is C28H26FN3O4. The number of hydrogen-bond acceptors (Lipinski definition) is 5. The predicted octanol–water partition coefficient (Wildman–Crippen LogP) is 4.47. The second-order valence-corrected chi connectivity index (χ2v) is 9.87. The van der Waals surface area contributed by atoms with Gasteiger partial charge in [-0.3, -0.25) is 19.3 Å². The molecule has 2 aliphatic heterocycles. The van der Waals surface area contributed by atoms with Crippen molar-refractivity contribution in [3.8, 4) is 11.3 Å². The molecule has 3 heterocycles. The van der Waals surface area contributed by atoms with Gasteiger partial charge in [0.2, 0.25) is 5.91 Å². The van der Waals surface area contributed by atoms with Gasteiger partial charge in [0, 0.05) is 36.6 Å². The highest BCUT2D eigenvalue weighted by atomic mass is 19.1. The number of rotatable bonds is 4. The number of carbonyl (C=O) groups is 3. The molecule has 0 N–H and O–H groups in total. The van der Waals surface area contributed by atoms with E-state index >= 15 is 0 Å². The first-order chi connectivity index (χ1) is 17.5. The van der Waals surface area contributed by atoms with Crippen LogP contribution in [0.1, 0.15) is 57.7 Å². The molecule has 0 radical (unpaired) electrons. The number of nitrogens with zero attached hydrogens (tertiary/aromatic N) is 3. The monoisotopic (exact) mass is 487 g/mol. The van der Waals surface area contributed by atoms with Crippen molar-refractivity contribution in [2.45, 2.75) is 38.6 Å². The summed E-state index contributed by atoms with van der Waals surface area (Å²) in [5.41, 5.74) is 3.27. The maximum Gasteiger partial charge on any atom is 0.261 e. The van der Waals surface area contributed by atoms with Crippen molar-refractivity contribution >= 4 is 17.7 Å². The Balaban J connectivity index is 1.20. The van der Waals surface area contributed by atoms with E-state index in [4.69, 9.17) is 4.52 Å². The minimum Gasteiger partial charge on any atom is -0.356 e. The zero-order valence-corrected chi connectivity index (χ0v) is 19.8. The minimum absolute atomic E-state index is 0.0493. The number of benzene rings is 2. The van der Waals surface area contributed by atoms with E-state index in [0.717, 1.165) is 42.5 Å².